The smallest absolute Gasteiger partial charge is 0.273 e. The summed E-state index contributed by atoms with van der Waals surface area (Å²) in [4.78, 5) is 34.9. The number of aromatic amines is 2. The van der Waals surface area contributed by atoms with E-state index in [0.717, 1.165) is 58.1 Å². The fourth-order valence-electron chi connectivity index (χ4n) is 3.88. The Kier molecular flexibility index (Phi) is 5.63. The highest BCUT2D eigenvalue weighted by atomic mass is 32.2. The molecule has 9 heteroatoms. The Hall–Kier alpha value is -3.59. The summed E-state index contributed by atoms with van der Waals surface area (Å²) in [6, 6.07) is 11.5. The van der Waals surface area contributed by atoms with Crippen LogP contribution >= 0.6 is 11.8 Å². The van der Waals surface area contributed by atoms with Gasteiger partial charge in [0, 0.05) is 46.8 Å². The molecule has 1 saturated heterocycles. The second kappa shape index (κ2) is 8.74. The van der Waals surface area contributed by atoms with Crippen molar-refractivity contribution >= 4 is 40.3 Å². The van der Waals surface area contributed by atoms with Crippen molar-refractivity contribution in [2.45, 2.75) is 13.8 Å². The molecule has 0 unspecified atom stereocenters. The number of nitrogens with zero attached hydrogens (tertiary/aromatic N) is 3. The van der Waals surface area contributed by atoms with Gasteiger partial charge >= 0.3 is 0 Å². The zero-order valence-corrected chi connectivity index (χ0v) is 19.3. The van der Waals surface area contributed by atoms with Crippen LogP contribution in [0.3, 0.4) is 0 Å². The van der Waals surface area contributed by atoms with E-state index in [1.165, 1.54) is 0 Å². The van der Waals surface area contributed by atoms with Crippen molar-refractivity contribution in [1.82, 2.24) is 25.1 Å². The molecule has 1 aromatic carbocycles. The van der Waals surface area contributed by atoms with Gasteiger partial charge in [-0.25, -0.2) is 4.98 Å². The molecule has 3 aromatic heterocycles. The predicted octanol–water partition coefficient (Wildman–Crippen LogP) is 4.01. The highest BCUT2D eigenvalue weighted by Gasteiger charge is 2.18. The van der Waals surface area contributed by atoms with Gasteiger partial charge in [-0.2, -0.15) is 16.9 Å². The van der Waals surface area contributed by atoms with Gasteiger partial charge < -0.3 is 15.2 Å². The second-order valence-corrected chi connectivity index (χ2v) is 9.31. The lowest BCUT2D eigenvalue weighted by atomic mass is 10.1. The van der Waals surface area contributed by atoms with E-state index in [1.54, 1.807) is 6.20 Å². The number of hydrogen-bond acceptors (Lipinski definition) is 5. The Morgan fingerprint density at radius 2 is 1.85 bits per heavy atom. The van der Waals surface area contributed by atoms with E-state index >= 15 is 0 Å². The third kappa shape index (κ3) is 4.23. The van der Waals surface area contributed by atoms with Crippen LogP contribution in [0.4, 0.5) is 5.69 Å². The van der Waals surface area contributed by atoms with Gasteiger partial charge in [0.05, 0.1) is 17.6 Å². The van der Waals surface area contributed by atoms with E-state index in [-0.39, 0.29) is 11.8 Å². The molecule has 0 spiro atoms. The van der Waals surface area contributed by atoms with E-state index in [2.05, 4.69) is 25.5 Å². The zero-order chi connectivity index (χ0) is 22.9. The van der Waals surface area contributed by atoms with Crippen LogP contribution in [-0.4, -0.2) is 61.5 Å². The van der Waals surface area contributed by atoms with Crippen LogP contribution in [0.15, 0.2) is 42.6 Å². The Morgan fingerprint density at radius 3 is 2.55 bits per heavy atom. The number of nitrogens with one attached hydrogen (secondary N) is 3. The topological polar surface area (TPSA) is 107 Å². The second-order valence-electron chi connectivity index (χ2n) is 8.09. The molecule has 1 aliphatic rings. The Labute approximate surface area is 195 Å². The number of carbonyl (C=O) groups is 2. The van der Waals surface area contributed by atoms with E-state index in [0.29, 0.717) is 16.9 Å². The Morgan fingerprint density at radius 1 is 1.09 bits per heavy atom. The van der Waals surface area contributed by atoms with Gasteiger partial charge in [-0.05, 0) is 43.7 Å². The third-order valence-electron chi connectivity index (χ3n) is 5.95. The first-order valence-corrected chi connectivity index (χ1v) is 11.9. The van der Waals surface area contributed by atoms with Gasteiger partial charge in [0.2, 0.25) is 0 Å². The maximum Gasteiger partial charge on any atom is 0.273 e. The molecule has 0 atom stereocenters. The van der Waals surface area contributed by atoms with Gasteiger partial charge in [0.1, 0.15) is 11.3 Å². The van der Waals surface area contributed by atoms with Gasteiger partial charge in [-0.1, -0.05) is 12.1 Å². The molecule has 3 N–H and O–H groups in total. The predicted molar refractivity (Wildman–Crippen MR) is 131 cm³/mol. The molecule has 0 bridgehead atoms. The molecule has 1 aliphatic heterocycles. The average Bonchev–Trinajstić information content (AvgIpc) is 3.42. The lowest BCUT2D eigenvalue weighted by Crippen LogP contribution is -2.37. The van der Waals surface area contributed by atoms with Crippen molar-refractivity contribution in [3.63, 3.8) is 0 Å². The minimum atomic E-state index is -0.252. The third-order valence-corrected chi connectivity index (χ3v) is 6.89. The molecule has 1 fully saturated rings. The summed E-state index contributed by atoms with van der Waals surface area (Å²) in [7, 11) is 0. The number of carbonyl (C=O) groups excluding carboxylic acids is 2. The largest absolute Gasteiger partial charge is 0.339 e. The minimum absolute atomic E-state index is 0.0863. The van der Waals surface area contributed by atoms with Gasteiger partial charge in [-0.3, -0.25) is 14.7 Å². The van der Waals surface area contributed by atoms with Gasteiger partial charge in [0.15, 0.2) is 0 Å². The molecule has 4 heterocycles. The minimum Gasteiger partial charge on any atom is -0.339 e. The fourth-order valence-corrected chi connectivity index (χ4v) is 4.79. The molecule has 168 valence electrons. The van der Waals surface area contributed by atoms with Crippen LogP contribution in [0.5, 0.6) is 0 Å². The summed E-state index contributed by atoms with van der Waals surface area (Å²) >= 11 is 1.89. The van der Waals surface area contributed by atoms with Crippen molar-refractivity contribution in [1.29, 1.82) is 0 Å². The highest BCUT2D eigenvalue weighted by molar-refractivity contribution is 7.99. The standard InChI is InChI=1S/C24H24N6O2S/c1-14-15(2)28-29-21(14)23(31)26-19-11-18-12-20(27-22(18)25-13-19)16-3-5-17(6-4-16)24(32)30-7-9-33-10-8-30/h3-6,11-13H,7-10H2,1-2H3,(H,25,27)(H,26,31)(H,28,29). The van der Waals surface area contributed by atoms with Crippen LogP contribution in [0.2, 0.25) is 0 Å². The first kappa shape index (κ1) is 21.3. The van der Waals surface area contributed by atoms with Crippen LogP contribution in [-0.2, 0) is 0 Å². The molecule has 8 nitrogen and oxygen atoms in total. The van der Waals surface area contributed by atoms with Crippen molar-refractivity contribution in [3.05, 3.63) is 65.1 Å². The van der Waals surface area contributed by atoms with Crippen LogP contribution < -0.4 is 5.32 Å². The van der Waals surface area contributed by atoms with Gasteiger partial charge in [-0.15, -0.1) is 0 Å². The van der Waals surface area contributed by atoms with E-state index < -0.39 is 0 Å². The van der Waals surface area contributed by atoms with Crippen molar-refractivity contribution in [2.24, 2.45) is 0 Å². The maximum absolute atomic E-state index is 12.7. The number of thioether (sulfide) groups is 1. The number of rotatable bonds is 4. The summed E-state index contributed by atoms with van der Waals surface area (Å²) < 4.78 is 0. The van der Waals surface area contributed by atoms with Crippen molar-refractivity contribution in [3.8, 4) is 11.3 Å². The van der Waals surface area contributed by atoms with Gasteiger partial charge in [0.25, 0.3) is 11.8 Å². The van der Waals surface area contributed by atoms with Crippen LogP contribution in [0.1, 0.15) is 32.1 Å². The summed E-state index contributed by atoms with van der Waals surface area (Å²) in [5.74, 6) is 1.83. The molecule has 0 aliphatic carbocycles. The fraction of sp³-hybridized carbons (Fsp3) is 0.250. The summed E-state index contributed by atoms with van der Waals surface area (Å²) in [5.41, 5.74) is 5.96. The Balaban J connectivity index is 1.33. The lowest BCUT2D eigenvalue weighted by Gasteiger charge is -2.26. The SMILES string of the molecule is Cc1n[nH]c(C(=O)Nc2cnc3[nH]c(-c4ccc(C(=O)N5CCSCC5)cc4)cc3c2)c1C. The van der Waals surface area contributed by atoms with E-state index in [1.807, 2.05) is 66.9 Å². The highest BCUT2D eigenvalue weighted by Crippen LogP contribution is 2.26. The molecule has 5 rings (SSSR count). The number of hydrogen-bond donors (Lipinski definition) is 3. The number of benzene rings is 1. The van der Waals surface area contributed by atoms with Crippen LogP contribution in [0, 0.1) is 13.8 Å². The normalized spacial score (nSPS) is 13.9. The lowest BCUT2D eigenvalue weighted by molar-refractivity contribution is 0.0772. The molecule has 0 radical (unpaired) electrons. The molecule has 2 amide bonds. The first-order chi connectivity index (χ1) is 16.0. The van der Waals surface area contributed by atoms with Crippen LogP contribution in [0.25, 0.3) is 22.3 Å². The zero-order valence-electron chi connectivity index (χ0n) is 18.4. The summed E-state index contributed by atoms with van der Waals surface area (Å²) in [6.07, 6.45) is 1.62. The number of pyridine rings is 1. The number of aromatic nitrogens is 4. The number of aryl methyl sites for hydroxylation is 1. The number of amides is 2. The number of H-pyrrole nitrogens is 2. The quantitative estimate of drug-likeness (QED) is 0.427. The summed E-state index contributed by atoms with van der Waals surface area (Å²) in [6.45, 7) is 5.32. The van der Waals surface area contributed by atoms with E-state index in [9.17, 15) is 9.59 Å². The average molecular weight is 461 g/mol. The number of fused-ring (bicyclic) bond motifs is 1. The molecule has 4 aromatic rings. The van der Waals surface area contributed by atoms with Crippen molar-refractivity contribution < 1.29 is 9.59 Å². The maximum atomic E-state index is 12.7. The summed E-state index contributed by atoms with van der Waals surface area (Å²) in [5, 5.41) is 10.6. The first-order valence-electron chi connectivity index (χ1n) is 10.8. The van der Waals surface area contributed by atoms with E-state index in [4.69, 9.17) is 0 Å². The van der Waals surface area contributed by atoms with Crippen molar-refractivity contribution in [2.75, 3.05) is 29.9 Å². The Bertz CT molecular complexity index is 1340. The molecule has 0 saturated carbocycles. The molecule has 33 heavy (non-hydrogen) atoms. The number of anilines is 1. The molecular weight excluding hydrogens is 436 g/mol. The monoisotopic (exact) mass is 460 g/mol. The molecular formula is C24H24N6O2S.